The van der Waals surface area contributed by atoms with Crippen molar-refractivity contribution >= 4 is 28.9 Å². The molecule has 20 aromatic rings. The minimum absolute atomic E-state index is 0.942. The third-order valence-corrected chi connectivity index (χ3v) is 21.0. The summed E-state index contributed by atoms with van der Waals surface area (Å²) in [6.07, 6.45) is 40.3. The van der Waals surface area contributed by atoms with E-state index in [4.69, 9.17) is 0 Å². The fourth-order valence-electron chi connectivity index (χ4n) is 15.1. The van der Waals surface area contributed by atoms with Gasteiger partial charge in [-0.15, -0.1) is 0 Å². The van der Waals surface area contributed by atoms with Gasteiger partial charge in [-0.1, -0.05) is 152 Å². The molecule has 552 valence electrons. The molecule has 0 aliphatic rings. The average Bonchev–Trinajstić information content (AvgIpc) is 2.11. The van der Waals surface area contributed by atoms with Crippen molar-refractivity contribution in [3.63, 3.8) is 0 Å². The van der Waals surface area contributed by atoms with Crippen LogP contribution in [0.1, 0.15) is 11.1 Å². The average molecular weight is 1470 g/mol. The number of nitrogens with zero attached hydrogens (tertiary/aromatic N) is 20. The molecule has 0 saturated heterocycles. The molecule has 20 nitrogen and oxygen atoms in total. The number of fused-ring (bicyclic) bond motifs is 5. The molecule has 0 spiro atoms. The summed E-state index contributed by atoms with van der Waals surface area (Å²) in [6.45, 7) is 4.32. The van der Waals surface area contributed by atoms with E-state index in [2.05, 4.69) is 392 Å². The minimum Gasteiger partial charge on any atom is -0.308 e. The molecule has 0 bridgehead atoms. The lowest BCUT2D eigenvalue weighted by Gasteiger charge is -2.08. The molecule has 15 aromatic heterocycles. The van der Waals surface area contributed by atoms with Crippen LogP contribution >= 0.6 is 0 Å². The van der Waals surface area contributed by atoms with Crippen LogP contribution in [0, 0.1) is 13.8 Å². The monoisotopic (exact) mass is 1470 g/mol. The Morgan fingerprint density at radius 1 is 0.250 bits per heavy atom. The van der Waals surface area contributed by atoms with Crippen molar-refractivity contribution in [1.29, 1.82) is 0 Å². The van der Waals surface area contributed by atoms with Crippen molar-refractivity contribution in [1.82, 2.24) is 69.8 Å². The highest BCUT2D eigenvalue weighted by molar-refractivity contribution is 5.79. The van der Waals surface area contributed by atoms with Crippen LogP contribution in [-0.2, 0) is 70.5 Å². The van der Waals surface area contributed by atoms with E-state index in [-0.39, 0.29) is 0 Å². The van der Waals surface area contributed by atoms with Gasteiger partial charge in [0.25, 0.3) is 0 Å². The largest absolute Gasteiger partial charge is 0.308 e. The van der Waals surface area contributed by atoms with E-state index in [1.807, 2.05) is 109 Å². The van der Waals surface area contributed by atoms with Crippen LogP contribution in [0.5, 0.6) is 0 Å². The van der Waals surface area contributed by atoms with E-state index in [0.29, 0.717) is 0 Å². The third kappa shape index (κ3) is 14.0. The summed E-state index contributed by atoms with van der Waals surface area (Å²) in [7, 11) is 20.7. The van der Waals surface area contributed by atoms with E-state index in [1.165, 1.54) is 83.8 Å². The Balaban J connectivity index is 0.000000106. The first kappa shape index (κ1) is 71.8. The minimum atomic E-state index is 0.942. The molecule has 0 saturated carbocycles. The topological polar surface area (TPSA) is 131 Å². The van der Waals surface area contributed by atoms with E-state index in [9.17, 15) is 0 Å². The molecule has 0 amide bonds. The zero-order chi connectivity index (χ0) is 77.3. The van der Waals surface area contributed by atoms with Gasteiger partial charge in [0.15, 0.2) is 31.0 Å². The number of hydrogen-bond acceptors (Lipinski definition) is 5. The molecule has 15 heterocycles. The van der Waals surface area contributed by atoms with Crippen LogP contribution in [0.15, 0.2) is 324 Å². The van der Waals surface area contributed by atoms with Crippen molar-refractivity contribution in [2.75, 3.05) is 0 Å². The molecule has 112 heavy (non-hydrogen) atoms. The number of benzene rings is 5. The molecule has 20 heteroatoms. The summed E-state index contributed by atoms with van der Waals surface area (Å²) < 4.78 is 31.7. The van der Waals surface area contributed by atoms with Crippen molar-refractivity contribution in [3.05, 3.63) is 335 Å². The van der Waals surface area contributed by atoms with Crippen LogP contribution in [0.25, 0.3) is 141 Å². The highest BCUT2D eigenvalue weighted by atomic mass is 15.2. The highest BCUT2D eigenvalue weighted by Crippen LogP contribution is 2.33. The fourth-order valence-corrected chi connectivity index (χ4v) is 15.1. The Morgan fingerprint density at radius 3 is 1.04 bits per heavy atom. The van der Waals surface area contributed by atoms with Crippen molar-refractivity contribution < 1.29 is 22.8 Å². The second-order valence-corrected chi connectivity index (χ2v) is 28.3. The van der Waals surface area contributed by atoms with Gasteiger partial charge in [-0.05, 0) is 70.5 Å². The zero-order valence-electron chi connectivity index (χ0n) is 65.0. The third-order valence-electron chi connectivity index (χ3n) is 21.0. The Bertz CT molecular complexity index is 6710. The summed E-state index contributed by atoms with van der Waals surface area (Å²) in [5.74, 6) is 4.73. The number of hydrogen-bond donors (Lipinski definition) is 0. The maximum absolute atomic E-state index is 4.41. The van der Waals surface area contributed by atoms with Gasteiger partial charge in [0, 0.05) is 181 Å². The molecule has 20 rings (SSSR count). The first-order valence-electron chi connectivity index (χ1n) is 37.2. The van der Waals surface area contributed by atoms with E-state index in [0.717, 1.165) is 68.7 Å². The Hall–Kier alpha value is -14.4. The van der Waals surface area contributed by atoms with Gasteiger partial charge >= 0.3 is 0 Å². The smallest absolute Gasteiger partial charge is 0.238 e. The molecule has 0 N–H and O–H groups in total. The lowest BCUT2D eigenvalue weighted by molar-refractivity contribution is -0.660. The van der Waals surface area contributed by atoms with Crippen LogP contribution in [-0.4, -0.2) is 69.8 Å². The molecule has 5 aromatic carbocycles. The van der Waals surface area contributed by atoms with Gasteiger partial charge in [-0.2, -0.15) is 22.8 Å². The second-order valence-electron chi connectivity index (χ2n) is 28.3. The number of aryl methyl sites for hydroxylation is 12. The summed E-state index contributed by atoms with van der Waals surface area (Å²) in [6, 6.07) is 69.9. The van der Waals surface area contributed by atoms with Crippen molar-refractivity contribution in [3.8, 4) is 113 Å². The molecular formula is C92H89N20+5. The van der Waals surface area contributed by atoms with Crippen LogP contribution in [0.2, 0.25) is 0 Å². The molecule has 0 radical (unpaired) electrons. The van der Waals surface area contributed by atoms with Gasteiger partial charge < -0.3 is 22.8 Å². The predicted octanol–water partition coefficient (Wildman–Crippen LogP) is 14.8. The summed E-state index contributed by atoms with van der Waals surface area (Å²) >= 11 is 0. The first-order chi connectivity index (χ1) is 54.5. The standard InChI is InChI=1S/2C19H19N4.3C18H17N4/c1-14-12-21(2)17(11-16(14)15-7-5-4-6-8-15)18-13-23-10-9-20-19(23)22(18)3;1-14-11-17(18-13-23-10-9-20-19(23)22(18)3)21(2)12-16(14)15-7-5-4-6-8-15;1-20-11-6-9-15(14-7-4-3-5-8-14)17(20)16-13-22-12-10-19-18(22)21(16)2;1-20-10-8-15(14-6-4-3-5-7-14)12-16(20)17-13-22-11-9-19-18(22)21(17)2;1-20-12-15(14-6-4-3-5-7-14)8-9-16(20)17-13-22-11-10-19-18(22)21(17)2/h2*4-13H,1-3H3;3*3-13H,1-2H3/q5*+1. The molecule has 0 atom stereocenters. The fraction of sp³-hybridized carbons (Fsp3) is 0.130. The van der Waals surface area contributed by atoms with Gasteiger partial charge in [-0.25, -0.2) is 24.9 Å². The lowest BCUT2D eigenvalue weighted by atomic mass is 10.0. The highest BCUT2D eigenvalue weighted by Gasteiger charge is 2.26. The molecule has 0 fully saturated rings. The van der Waals surface area contributed by atoms with Crippen LogP contribution in [0.3, 0.4) is 0 Å². The number of rotatable bonds is 10. The summed E-state index contributed by atoms with van der Waals surface area (Å²) in [5, 5.41) is 0. The number of imidazole rings is 10. The quantitative estimate of drug-likeness (QED) is 0.126. The van der Waals surface area contributed by atoms with Crippen molar-refractivity contribution in [2.24, 2.45) is 70.5 Å². The normalized spacial score (nSPS) is 11.2. The Labute approximate surface area is 650 Å². The maximum Gasteiger partial charge on any atom is 0.238 e. The number of pyridine rings is 5. The Morgan fingerprint density at radius 2 is 0.607 bits per heavy atom. The van der Waals surface area contributed by atoms with Gasteiger partial charge in [-0.3, -0.25) is 22.0 Å². The number of aromatic nitrogens is 20. The first-order valence-corrected chi connectivity index (χ1v) is 37.2. The van der Waals surface area contributed by atoms with E-state index >= 15 is 0 Å². The molecule has 0 aliphatic heterocycles. The second kappa shape index (κ2) is 30.7. The zero-order valence-corrected chi connectivity index (χ0v) is 65.0. The van der Waals surface area contributed by atoms with E-state index in [1.54, 1.807) is 0 Å². The van der Waals surface area contributed by atoms with Gasteiger partial charge in [0.2, 0.25) is 57.4 Å². The van der Waals surface area contributed by atoms with Crippen molar-refractivity contribution in [2.45, 2.75) is 13.8 Å². The summed E-state index contributed by atoms with van der Waals surface area (Å²) in [4.78, 5) is 22.0. The van der Waals surface area contributed by atoms with Crippen LogP contribution < -0.4 is 22.8 Å². The van der Waals surface area contributed by atoms with Gasteiger partial charge in [0.1, 0.15) is 63.7 Å². The SMILES string of the molecule is Cc1c[n+](C)c(-c2cn3ccnc3n2C)cc1-c1ccccc1.Cc1cc(-c2cn3ccnc3n2C)[n+](C)cc1-c1ccccc1.Cn1c(-c2c(-c3ccccc3)ccc[n+]2C)cn2ccnc12.Cn1c(-c2cc(-c3ccccc3)cc[n+]2C)cn2ccnc12.Cn1c(-c2ccc(-c3ccccc3)c[n+]2C)cn2ccnc12. The maximum atomic E-state index is 4.41. The predicted molar refractivity (Wildman–Crippen MR) is 441 cm³/mol. The Kier molecular flexibility index (Phi) is 19.7. The molecule has 0 aliphatic carbocycles. The molecular weight excluding hydrogens is 1390 g/mol. The molecule has 0 unspecified atom stereocenters. The van der Waals surface area contributed by atoms with E-state index < -0.39 is 0 Å². The lowest BCUT2D eigenvalue weighted by Crippen LogP contribution is -2.31. The summed E-state index contributed by atoms with van der Waals surface area (Å²) in [5.41, 5.74) is 26.4. The van der Waals surface area contributed by atoms with Gasteiger partial charge in [0.05, 0.1) is 5.56 Å². The van der Waals surface area contributed by atoms with Crippen LogP contribution in [0.4, 0.5) is 0 Å².